The zero-order valence-corrected chi connectivity index (χ0v) is 18.1. The molecule has 31 heavy (non-hydrogen) atoms. The zero-order valence-electron chi connectivity index (χ0n) is 16.6. The van der Waals surface area contributed by atoms with Crippen molar-refractivity contribution in [3.63, 3.8) is 0 Å². The molecule has 0 saturated carbocycles. The maximum atomic E-state index is 12.9. The van der Waals surface area contributed by atoms with Gasteiger partial charge in [0.25, 0.3) is 11.5 Å². The van der Waals surface area contributed by atoms with Gasteiger partial charge in [0.2, 0.25) is 5.95 Å². The van der Waals surface area contributed by atoms with E-state index in [9.17, 15) is 9.59 Å². The van der Waals surface area contributed by atoms with Crippen molar-refractivity contribution in [1.29, 1.82) is 0 Å². The Morgan fingerprint density at radius 1 is 1.26 bits per heavy atom. The van der Waals surface area contributed by atoms with E-state index in [-0.39, 0.29) is 27.9 Å². The number of furan rings is 1. The number of aryl methyl sites for hydroxylation is 1. The predicted octanol–water partition coefficient (Wildman–Crippen LogP) is 4.65. The smallest absolute Gasteiger partial charge is 0.258 e. The standard InChI is InChI=1S/C21H17Cl2N5O3/c1-3-13-11(2)24-21(26-19(13)29)28-18(10-16(27-28)17-5-4-8-31-17)25-20(30)14-7-6-12(22)9-15(14)23/h4-10H,3H2,1-2H3,(H,25,30)(H,24,26,29). The third-order valence-electron chi connectivity index (χ3n) is 4.66. The van der Waals surface area contributed by atoms with Gasteiger partial charge in [-0.2, -0.15) is 9.78 Å². The molecule has 10 heteroatoms. The summed E-state index contributed by atoms with van der Waals surface area (Å²) >= 11 is 12.1. The number of carbonyl (C=O) groups is 1. The van der Waals surface area contributed by atoms with Gasteiger partial charge in [0, 0.05) is 22.3 Å². The molecule has 158 valence electrons. The first-order valence-electron chi connectivity index (χ1n) is 9.38. The highest BCUT2D eigenvalue weighted by Crippen LogP contribution is 2.26. The minimum Gasteiger partial charge on any atom is -0.463 e. The van der Waals surface area contributed by atoms with Gasteiger partial charge in [0.15, 0.2) is 5.76 Å². The summed E-state index contributed by atoms with van der Waals surface area (Å²) in [6.07, 6.45) is 2.06. The number of aromatic nitrogens is 4. The van der Waals surface area contributed by atoms with E-state index in [2.05, 4.69) is 20.4 Å². The molecule has 3 heterocycles. The number of amides is 1. The van der Waals surface area contributed by atoms with Crippen LogP contribution in [0, 0.1) is 6.92 Å². The second-order valence-electron chi connectivity index (χ2n) is 6.69. The molecule has 1 amide bonds. The lowest BCUT2D eigenvalue weighted by Gasteiger charge is -2.10. The molecule has 0 atom stereocenters. The fourth-order valence-electron chi connectivity index (χ4n) is 3.15. The fourth-order valence-corrected chi connectivity index (χ4v) is 3.64. The number of halogens is 2. The van der Waals surface area contributed by atoms with E-state index in [1.54, 1.807) is 31.2 Å². The van der Waals surface area contributed by atoms with E-state index in [1.807, 2.05) is 6.92 Å². The van der Waals surface area contributed by atoms with Gasteiger partial charge in [0.05, 0.1) is 16.8 Å². The topological polar surface area (TPSA) is 106 Å². The van der Waals surface area contributed by atoms with Crippen molar-refractivity contribution in [3.8, 4) is 17.4 Å². The van der Waals surface area contributed by atoms with Crippen LogP contribution in [0.5, 0.6) is 0 Å². The Labute approximate surface area is 186 Å². The molecule has 4 rings (SSSR count). The summed E-state index contributed by atoms with van der Waals surface area (Å²) in [6.45, 7) is 3.63. The van der Waals surface area contributed by atoms with Crippen LogP contribution in [0.3, 0.4) is 0 Å². The highest BCUT2D eigenvalue weighted by Gasteiger charge is 2.19. The average molecular weight is 458 g/mol. The molecule has 8 nitrogen and oxygen atoms in total. The van der Waals surface area contributed by atoms with E-state index < -0.39 is 5.91 Å². The quantitative estimate of drug-likeness (QED) is 0.453. The van der Waals surface area contributed by atoms with Crippen molar-refractivity contribution in [2.75, 3.05) is 5.32 Å². The first-order chi connectivity index (χ1) is 14.9. The van der Waals surface area contributed by atoms with Gasteiger partial charge in [-0.25, -0.2) is 4.98 Å². The minimum absolute atomic E-state index is 0.162. The minimum atomic E-state index is -0.474. The van der Waals surface area contributed by atoms with Crippen LogP contribution in [0.25, 0.3) is 17.4 Å². The van der Waals surface area contributed by atoms with Crippen LogP contribution >= 0.6 is 23.2 Å². The summed E-state index contributed by atoms with van der Waals surface area (Å²) in [4.78, 5) is 32.5. The van der Waals surface area contributed by atoms with Gasteiger partial charge < -0.3 is 9.73 Å². The van der Waals surface area contributed by atoms with Crippen molar-refractivity contribution >= 4 is 34.9 Å². The predicted molar refractivity (Wildman–Crippen MR) is 118 cm³/mol. The van der Waals surface area contributed by atoms with Crippen LogP contribution in [0.4, 0.5) is 5.82 Å². The van der Waals surface area contributed by atoms with Crippen LogP contribution < -0.4 is 10.9 Å². The Morgan fingerprint density at radius 3 is 2.71 bits per heavy atom. The number of H-pyrrole nitrogens is 1. The number of benzene rings is 1. The Morgan fingerprint density at radius 2 is 2.06 bits per heavy atom. The molecular weight excluding hydrogens is 441 g/mol. The van der Waals surface area contributed by atoms with Gasteiger partial charge in [-0.1, -0.05) is 30.1 Å². The van der Waals surface area contributed by atoms with Crippen molar-refractivity contribution in [2.24, 2.45) is 0 Å². The van der Waals surface area contributed by atoms with Crippen molar-refractivity contribution in [1.82, 2.24) is 19.7 Å². The molecule has 0 saturated heterocycles. The lowest BCUT2D eigenvalue weighted by atomic mass is 10.2. The van der Waals surface area contributed by atoms with Gasteiger partial charge in [-0.3, -0.25) is 14.6 Å². The van der Waals surface area contributed by atoms with Gasteiger partial charge in [-0.05, 0) is 43.7 Å². The van der Waals surface area contributed by atoms with E-state index in [0.29, 0.717) is 34.2 Å². The largest absolute Gasteiger partial charge is 0.463 e. The third kappa shape index (κ3) is 4.12. The van der Waals surface area contributed by atoms with Crippen LogP contribution in [0.15, 0.2) is 51.9 Å². The van der Waals surface area contributed by atoms with Crippen LogP contribution in [0.2, 0.25) is 10.0 Å². The molecule has 1 aromatic carbocycles. The molecular formula is C21H17Cl2N5O3. The number of nitrogens with zero attached hydrogens (tertiary/aromatic N) is 3. The number of hydrogen-bond donors (Lipinski definition) is 2. The van der Waals surface area contributed by atoms with Crippen LogP contribution in [0.1, 0.15) is 28.5 Å². The summed E-state index contributed by atoms with van der Waals surface area (Å²) < 4.78 is 6.75. The summed E-state index contributed by atoms with van der Waals surface area (Å²) in [5.74, 6) is 0.449. The Balaban J connectivity index is 1.80. The molecule has 0 spiro atoms. The number of anilines is 1. The number of carbonyl (C=O) groups excluding carboxylic acids is 1. The maximum absolute atomic E-state index is 12.9. The fraction of sp³-hybridized carbons (Fsp3) is 0.143. The molecule has 0 aliphatic carbocycles. The number of nitrogens with one attached hydrogen (secondary N) is 2. The highest BCUT2D eigenvalue weighted by atomic mass is 35.5. The molecule has 2 N–H and O–H groups in total. The van der Waals surface area contributed by atoms with E-state index in [0.717, 1.165) is 0 Å². The lowest BCUT2D eigenvalue weighted by Crippen LogP contribution is -2.22. The first-order valence-corrected chi connectivity index (χ1v) is 10.1. The third-order valence-corrected chi connectivity index (χ3v) is 5.21. The molecule has 0 aliphatic heterocycles. The Hall–Kier alpha value is -3.36. The Bertz CT molecular complexity index is 1330. The van der Waals surface area contributed by atoms with Crippen molar-refractivity contribution in [3.05, 3.63) is 79.9 Å². The zero-order chi connectivity index (χ0) is 22.1. The van der Waals surface area contributed by atoms with Crippen molar-refractivity contribution in [2.45, 2.75) is 20.3 Å². The summed E-state index contributed by atoms with van der Waals surface area (Å²) in [5.41, 5.74) is 1.58. The second-order valence-corrected chi connectivity index (χ2v) is 7.53. The van der Waals surface area contributed by atoms with Crippen LogP contribution in [-0.4, -0.2) is 25.7 Å². The van der Waals surface area contributed by atoms with Gasteiger partial charge >= 0.3 is 0 Å². The molecule has 0 fully saturated rings. The monoisotopic (exact) mass is 457 g/mol. The number of rotatable bonds is 5. The summed E-state index contributed by atoms with van der Waals surface area (Å²) in [6, 6.07) is 9.64. The molecule has 3 aromatic heterocycles. The van der Waals surface area contributed by atoms with Crippen LogP contribution in [-0.2, 0) is 6.42 Å². The second kappa shape index (κ2) is 8.41. The average Bonchev–Trinajstić information content (AvgIpc) is 3.37. The van der Waals surface area contributed by atoms with E-state index in [4.69, 9.17) is 27.6 Å². The number of aromatic amines is 1. The summed E-state index contributed by atoms with van der Waals surface area (Å²) in [7, 11) is 0. The SMILES string of the molecule is CCc1c(C)nc(-n2nc(-c3ccco3)cc2NC(=O)c2ccc(Cl)cc2Cl)[nH]c1=O. The Kier molecular flexibility index (Phi) is 5.67. The normalized spacial score (nSPS) is 11.0. The molecule has 0 aliphatic rings. The molecule has 4 aromatic rings. The highest BCUT2D eigenvalue weighted by molar-refractivity contribution is 6.37. The van der Waals surface area contributed by atoms with E-state index >= 15 is 0 Å². The molecule has 0 radical (unpaired) electrons. The van der Waals surface area contributed by atoms with Gasteiger partial charge in [-0.15, -0.1) is 0 Å². The first kappa shape index (κ1) is 20.9. The number of hydrogen-bond acceptors (Lipinski definition) is 5. The van der Waals surface area contributed by atoms with E-state index in [1.165, 1.54) is 23.1 Å². The maximum Gasteiger partial charge on any atom is 0.258 e. The molecule has 0 unspecified atom stereocenters. The lowest BCUT2D eigenvalue weighted by molar-refractivity contribution is 0.102. The van der Waals surface area contributed by atoms with Gasteiger partial charge in [0.1, 0.15) is 11.5 Å². The van der Waals surface area contributed by atoms with Crippen molar-refractivity contribution < 1.29 is 9.21 Å². The summed E-state index contributed by atoms with van der Waals surface area (Å²) in [5, 5.41) is 7.85. The molecule has 0 bridgehead atoms.